The maximum Gasteiger partial charge on any atom is 0.349 e. The van der Waals surface area contributed by atoms with Crippen molar-refractivity contribution in [3.8, 4) is 11.1 Å². The maximum absolute atomic E-state index is 12.5. The van der Waals surface area contributed by atoms with Gasteiger partial charge in [-0.15, -0.1) is 11.3 Å². The summed E-state index contributed by atoms with van der Waals surface area (Å²) in [6.45, 7) is 5.11. The Morgan fingerprint density at radius 1 is 1.00 bits per heavy atom. The van der Waals surface area contributed by atoms with Crippen LogP contribution >= 0.6 is 11.3 Å². The standard InChI is InChI=1S/C18H19NO5S/c1-4-23-17(21)14-13(12-9-7-6-8-10-12)15(18(22)24-5-2)25-16(14)19-11(3)20/h6-10H,4-5H2,1-3H3,(H,19,20). The molecule has 25 heavy (non-hydrogen) atoms. The lowest BCUT2D eigenvalue weighted by atomic mass is 10.0. The minimum Gasteiger partial charge on any atom is -0.462 e. The van der Waals surface area contributed by atoms with Crippen LogP contribution in [0.25, 0.3) is 11.1 Å². The molecule has 7 heteroatoms. The Labute approximate surface area is 149 Å². The number of amides is 1. The third-order valence-electron chi connectivity index (χ3n) is 3.20. The van der Waals surface area contributed by atoms with Gasteiger partial charge in [-0.05, 0) is 19.4 Å². The average molecular weight is 361 g/mol. The summed E-state index contributed by atoms with van der Waals surface area (Å²) in [6, 6.07) is 9.00. The van der Waals surface area contributed by atoms with E-state index in [1.54, 1.807) is 38.1 Å². The molecule has 1 amide bonds. The van der Waals surface area contributed by atoms with Crippen LogP contribution in [0.1, 0.15) is 40.8 Å². The van der Waals surface area contributed by atoms with E-state index in [1.807, 2.05) is 6.07 Å². The second-order valence-electron chi connectivity index (χ2n) is 5.00. The number of anilines is 1. The molecule has 1 heterocycles. The van der Waals surface area contributed by atoms with Gasteiger partial charge < -0.3 is 14.8 Å². The summed E-state index contributed by atoms with van der Waals surface area (Å²) in [7, 11) is 0. The Morgan fingerprint density at radius 2 is 1.60 bits per heavy atom. The zero-order valence-electron chi connectivity index (χ0n) is 14.3. The number of carbonyl (C=O) groups excluding carboxylic acids is 3. The number of hydrogen-bond donors (Lipinski definition) is 1. The first-order valence-electron chi connectivity index (χ1n) is 7.83. The number of nitrogens with one attached hydrogen (secondary N) is 1. The molecule has 6 nitrogen and oxygen atoms in total. The van der Waals surface area contributed by atoms with Crippen molar-refractivity contribution in [2.45, 2.75) is 20.8 Å². The van der Waals surface area contributed by atoms with Gasteiger partial charge in [0, 0.05) is 12.5 Å². The van der Waals surface area contributed by atoms with Gasteiger partial charge in [-0.2, -0.15) is 0 Å². The molecule has 0 aliphatic rings. The van der Waals surface area contributed by atoms with E-state index in [0.29, 0.717) is 11.1 Å². The Bertz CT molecular complexity index is 782. The first-order valence-corrected chi connectivity index (χ1v) is 8.65. The molecule has 0 bridgehead atoms. The lowest BCUT2D eigenvalue weighted by Crippen LogP contribution is -2.12. The first kappa shape index (κ1) is 18.7. The topological polar surface area (TPSA) is 81.7 Å². The molecular formula is C18H19NO5S. The van der Waals surface area contributed by atoms with Crippen molar-refractivity contribution in [3.63, 3.8) is 0 Å². The highest BCUT2D eigenvalue weighted by Crippen LogP contribution is 2.41. The Morgan fingerprint density at radius 3 is 2.16 bits per heavy atom. The zero-order chi connectivity index (χ0) is 18.4. The molecule has 2 rings (SSSR count). The van der Waals surface area contributed by atoms with Crippen molar-refractivity contribution < 1.29 is 23.9 Å². The highest BCUT2D eigenvalue weighted by atomic mass is 32.1. The van der Waals surface area contributed by atoms with E-state index in [9.17, 15) is 14.4 Å². The van der Waals surface area contributed by atoms with Crippen LogP contribution < -0.4 is 5.32 Å². The molecule has 0 fully saturated rings. The number of benzene rings is 1. The van der Waals surface area contributed by atoms with Gasteiger partial charge in [0.1, 0.15) is 15.4 Å². The summed E-state index contributed by atoms with van der Waals surface area (Å²) in [5.74, 6) is -1.49. The maximum atomic E-state index is 12.5. The summed E-state index contributed by atoms with van der Waals surface area (Å²) in [6.07, 6.45) is 0. The van der Waals surface area contributed by atoms with Crippen molar-refractivity contribution in [1.82, 2.24) is 0 Å². The van der Waals surface area contributed by atoms with Gasteiger partial charge in [0.25, 0.3) is 0 Å². The number of carbonyl (C=O) groups is 3. The van der Waals surface area contributed by atoms with Gasteiger partial charge in [0.15, 0.2) is 0 Å². The van der Waals surface area contributed by atoms with Crippen molar-refractivity contribution in [2.75, 3.05) is 18.5 Å². The Kier molecular flexibility index (Phi) is 6.30. The molecule has 0 saturated heterocycles. The SMILES string of the molecule is CCOC(=O)c1sc(NC(C)=O)c(C(=O)OCC)c1-c1ccccc1. The van der Waals surface area contributed by atoms with Crippen molar-refractivity contribution in [2.24, 2.45) is 0 Å². The third kappa shape index (κ3) is 4.24. The first-order chi connectivity index (χ1) is 12.0. The molecule has 2 aromatic rings. The largest absolute Gasteiger partial charge is 0.462 e. The second-order valence-corrected chi connectivity index (χ2v) is 6.02. The number of thiophene rings is 1. The summed E-state index contributed by atoms with van der Waals surface area (Å²) >= 11 is 1.00. The van der Waals surface area contributed by atoms with Crippen LogP contribution in [0.4, 0.5) is 5.00 Å². The molecule has 0 aliphatic heterocycles. The van der Waals surface area contributed by atoms with Gasteiger partial charge in [-0.25, -0.2) is 9.59 Å². The molecule has 0 aliphatic carbocycles. The van der Waals surface area contributed by atoms with Crippen LogP contribution in [0, 0.1) is 0 Å². The lowest BCUT2D eigenvalue weighted by molar-refractivity contribution is -0.114. The monoisotopic (exact) mass is 361 g/mol. The smallest absolute Gasteiger partial charge is 0.349 e. The number of ether oxygens (including phenoxy) is 2. The van der Waals surface area contributed by atoms with Crippen LogP contribution in [0.3, 0.4) is 0 Å². The van der Waals surface area contributed by atoms with Crippen LogP contribution in [-0.2, 0) is 14.3 Å². The molecule has 1 aromatic heterocycles. The quantitative estimate of drug-likeness (QED) is 0.793. The Balaban J connectivity index is 2.72. The van der Waals surface area contributed by atoms with Gasteiger partial charge >= 0.3 is 11.9 Å². The number of esters is 2. The van der Waals surface area contributed by atoms with E-state index in [1.165, 1.54) is 6.92 Å². The zero-order valence-corrected chi connectivity index (χ0v) is 15.1. The molecule has 1 N–H and O–H groups in total. The summed E-state index contributed by atoms with van der Waals surface area (Å²) in [4.78, 5) is 36.7. The lowest BCUT2D eigenvalue weighted by Gasteiger charge is -2.08. The van der Waals surface area contributed by atoms with Crippen molar-refractivity contribution in [1.29, 1.82) is 0 Å². The fourth-order valence-corrected chi connectivity index (χ4v) is 3.45. The fraction of sp³-hybridized carbons (Fsp3) is 0.278. The van der Waals surface area contributed by atoms with Gasteiger partial charge in [-0.1, -0.05) is 30.3 Å². The van der Waals surface area contributed by atoms with E-state index in [-0.39, 0.29) is 34.6 Å². The molecular weight excluding hydrogens is 342 g/mol. The van der Waals surface area contributed by atoms with Crippen LogP contribution in [0.15, 0.2) is 30.3 Å². The molecule has 0 unspecified atom stereocenters. The van der Waals surface area contributed by atoms with Gasteiger partial charge in [0.05, 0.1) is 13.2 Å². The minimum absolute atomic E-state index is 0.163. The molecule has 0 radical (unpaired) electrons. The second kappa shape index (κ2) is 8.43. The summed E-state index contributed by atoms with van der Waals surface area (Å²) < 4.78 is 10.2. The Hall–Kier alpha value is -2.67. The summed E-state index contributed by atoms with van der Waals surface area (Å²) in [5.41, 5.74) is 1.24. The highest BCUT2D eigenvalue weighted by molar-refractivity contribution is 7.19. The van der Waals surface area contributed by atoms with E-state index >= 15 is 0 Å². The van der Waals surface area contributed by atoms with Crippen LogP contribution in [-0.4, -0.2) is 31.1 Å². The van der Waals surface area contributed by atoms with E-state index < -0.39 is 11.9 Å². The summed E-state index contributed by atoms with van der Waals surface area (Å²) in [5, 5.41) is 2.88. The average Bonchev–Trinajstić information content (AvgIpc) is 2.94. The predicted molar refractivity (Wildman–Crippen MR) is 96.0 cm³/mol. The third-order valence-corrected chi connectivity index (χ3v) is 4.29. The highest BCUT2D eigenvalue weighted by Gasteiger charge is 2.30. The van der Waals surface area contributed by atoms with Crippen LogP contribution in [0.2, 0.25) is 0 Å². The fourth-order valence-electron chi connectivity index (χ4n) is 2.30. The normalized spacial score (nSPS) is 10.2. The predicted octanol–water partition coefficient (Wildman–Crippen LogP) is 3.73. The molecule has 0 atom stereocenters. The van der Waals surface area contributed by atoms with E-state index in [0.717, 1.165) is 11.3 Å². The minimum atomic E-state index is -0.600. The molecule has 132 valence electrons. The van der Waals surface area contributed by atoms with Gasteiger partial charge in [0.2, 0.25) is 5.91 Å². The van der Waals surface area contributed by atoms with E-state index in [4.69, 9.17) is 9.47 Å². The van der Waals surface area contributed by atoms with Crippen molar-refractivity contribution in [3.05, 3.63) is 40.8 Å². The molecule has 1 aromatic carbocycles. The van der Waals surface area contributed by atoms with Crippen molar-refractivity contribution >= 4 is 34.2 Å². The number of hydrogen-bond acceptors (Lipinski definition) is 6. The van der Waals surface area contributed by atoms with Crippen LogP contribution in [0.5, 0.6) is 0 Å². The molecule has 0 spiro atoms. The van der Waals surface area contributed by atoms with E-state index in [2.05, 4.69) is 5.32 Å². The molecule has 0 saturated carbocycles. The number of rotatable bonds is 6. The van der Waals surface area contributed by atoms with Gasteiger partial charge in [-0.3, -0.25) is 4.79 Å².